The number of alkyl halides is 7. The molecule has 29 heavy (non-hydrogen) atoms. The van der Waals surface area contributed by atoms with Crippen molar-refractivity contribution < 1.29 is 35.9 Å². The van der Waals surface area contributed by atoms with E-state index in [2.05, 4.69) is 20.9 Å². The molecule has 162 valence electrons. The Morgan fingerprint density at radius 2 is 1.59 bits per heavy atom. The maximum Gasteiger partial charge on any atom is 0.416 e. The number of hydrogen-bond acceptors (Lipinski definition) is 3. The molecule has 0 saturated heterocycles. The first-order valence-corrected chi connectivity index (χ1v) is 10.1. The molecule has 1 unspecified atom stereocenters. The van der Waals surface area contributed by atoms with Gasteiger partial charge in [0.15, 0.2) is 5.54 Å². The normalized spacial score (nSPS) is 18.6. The van der Waals surface area contributed by atoms with Crippen LogP contribution in [0.2, 0.25) is 0 Å². The predicted molar refractivity (Wildman–Crippen MR) is 99.2 cm³/mol. The number of carbonyl (C=O) groups excluding carboxylic acids is 1. The summed E-state index contributed by atoms with van der Waals surface area (Å²) in [5.74, 6) is -0.909. The Balaban J connectivity index is 2.53. The SMILES string of the molecule is COC(=O)C(CBr)(N=Cc1cc(C(F)(F)F)cc(C(F)(F)F)c1)C1CCCCC1. The van der Waals surface area contributed by atoms with Crippen LogP contribution in [0.25, 0.3) is 0 Å². The molecular weight excluding hydrogens is 468 g/mol. The average molecular weight is 488 g/mol. The van der Waals surface area contributed by atoms with Crippen LogP contribution in [0.3, 0.4) is 0 Å². The predicted octanol–water partition coefficient (Wildman–Crippen LogP) is 6.03. The van der Waals surface area contributed by atoms with E-state index in [1.165, 1.54) is 7.11 Å². The topological polar surface area (TPSA) is 38.7 Å². The molecule has 0 N–H and O–H groups in total. The average Bonchev–Trinajstić information content (AvgIpc) is 2.67. The van der Waals surface area contributed by atoms with Crippen LogP contribution in [0.4, 0.5) is 26.3 Å². The number of carbonyl (C=O) groups is 1. The molecule has 0 bridgehead atoms. The lowest BCUT2D eigenvalue weighted by atomic mass is 9.76. The van der Waals surface area contributed by atoms with Gasteiger partial charge < -0.3 is 4.74 Å². The van der Waals surface area contributed by atoms with Crippen molar-refractivity contribution >= 4 is 28.1 Å². The van der Waals surface area contributed by atoms with Crippen molar-refractivity contribution in [3.05, 3.63) is 34.9 Å². The van der Waals surface area contributed by atoms with E-state index in [0.29, 0.717) is 25.0 Å². The van der Waals surface area contributed by atoms with Gasteiger partial charge in [0.05, 0.1) is 18.2 Å². The molecule has 2 rings (SSSR count). The maximum atomic E-state index is 13.1. The van der Waals surface area contributed by atoms with E-state index < -0.39 is 40.6 Å². The first-order valence-electron chi connectivity index (χ1n) is 8.93. The highest BCUT2D eigenvalue weighted by Crippen LogP contribution is 2.39. The number of methoxy groups -OCH3 is 1. The van der Waals surface area contributed by atoms with Crippen LogP contribution in [-0.4, -0.2) is 30.2 Å². The van der Waals surface area contributed by atoms with E-state index in [1.807, 2.05) is 0 Å². The molecule has 0 amide bonds. The van der Waals surface area contributed by atoms with Crippen LogP contribution < -0.4 is 0 Å². The van der Waals surface area contributed by atoms with Crippen molar-refractivity contribution in [3.8, 4) is 0 Å². The second-order valence-electron chi connectivity index (χ2n) is 6.98. The van der Waals surface area contributed by atoms with Gasteiger partial charge in [0, 0.05) is 11.5 Å². The smallest absolute Gasteiger partial charge is 0.416 e. The largest absolute Gasteiger partial charge is 0.467 e. The van der Waals surface area contributed by atoms with Gasteiger partial charge in [-0.3, -0.25) is 4.99 Å². The lowest BCUT2D eigenvalue weighted by Gasteiger charge is -2.36. The molecule has 1 aliphatic carbocycles. The summed E-state index contributed by atoms with van der Waals surface area (Å²) >= 11 is 3.24. The summed E-state index contributed by atoms with van der Waals surface area (Å²) in [5, 5.41) is 0.0406. The second-order valence-corrected chi connectivity index (χ2v) is 7.54. The van der Waals surface area contributed by atoms with Gasteiger partial charge in [-0.25, -0.2) is 4.79 Å². The molecule has 1 atom stereocenters. The Labute approximate surface area is 172 Å². The molecular formula is C19H20BrF6NO2. The van der Waals surface area contributed by atoms with Crippen LogP contribution in [0, 0.1) is 5.92 Å². The zero-order valence-corrected chi connectivity index (χ0v) is 17.1. The number of halogens is 7. The fraction of sp³-hybridized carbons (Fsp3) is 0.579. The molecule has 0 aromatic heterocycles. The van der Waals surface area contributed by atoms with Gasteiger partial charge in [-0.05, 0) is 42.5 Å². The highest BCUT2D eigenvalue weighted by Gasteiger charge is 2.46. The molecule has 0 heterocycles. The van der Waals surface area contributed by atoms with Gasteiger partial charge in [0.25, 0.3) is 0 Å². The van der Waals surface area contributed by atoms with E-state index in [-0.39, 0.29) is 17.3 Å². The van der Waals surface area contributed by atoms with Crippen molar-refractivity contribution in [3.63, 3.8) is 0 Å². The minimum atomic E-state index is -4.96. The third-order valence-corrected chi connectivity index (χ3v) is 5.93. The summed E-state index contributed by atoms with van der Waals surface area (Å²) in [4.78, 5) is 16.7. The molecule has 3 nitrogen and oxygen atoms in total. The van der Waals surface area contributed by atoms with Gasteiger partial charge in [-0.1, -0.05) is 35.2 Å². The van der Waals surface area contributed by atoms with Crippen LogP contribution in [0.15, 0.2) is 23.2 Å². The van der Waals surface area contributed by atoms with Gasteiger partial charge >= 0.3 is 18.3 Å². The first kappa shape index (κ1) is 23.7. The molecule has 1 aromatic carbocycles. The third kappa shape index (κ3) is 5.52. The van der Waals surface area contributed by atoms with Gasteiger partial charge in [0.1, 0.15) is 0 Å². The fourth-order valence-corrected chi connectivity index (χ4v) is 4.35. The molecule has 1 aromatic rings. The molecule has 0 radical (unpaired) electrons. The van der Waals surface area contributed by atoms with E-state index in [0.717, 1.165) is 25.5 Å². The molecule has 1 fully saturated rings. The van der Waals surface area contributed by atoms with E-state index in [1.54, 1.807) is 0 Å². The minimum Gasteiger partial charge on any atom is -0.467 e. The highest BCUT2D eigenvalue weighted by atomic mass is 79.9. The molecule has 10 heteroatoms. The summed E-state index contributed by atoms with van der Waals surface area (Å²) in [7, 11) is 1.17. The summed E-state index contributed by atoms with van der Waals surface area (Å²) in [6, 6.07) is 1.21. The molecule has 1 aliphatic rings. The van der Waals surface area contributed by atoms with Crippen molar-refractivity contribution in [1.29, 1.82) is 0 Å². The molecule has 0 aliphatic heterocycles. The fourth-order valence-electron chi connectivity index (χ4n) is 3.52. The van der Waals surface area contributed by atoms with Crippen molar-refractivity contribution in [2.75, 3.05) is 12.4 Å². The Morgan fingerprint density at radius 1 is 1.07 bits per heavy atom. The van der Waals surface area contributed by atoms with Crippen LogP contribution in [0.1, 0.15) is 48.8 Å². The Morgan fingerprint density at radius 3 is 2.00 bits per heavy atom. The van der Waals surface area contributed by atoms with Gasteiger partial charge in [-0.2, -0.15) is 26.3 Å². The second kappa shape index (κ2) is 9.06. The Bertz CT molecular complexity index is 724. The van der Waals surface area contributed by atoms with E-state index >= 15 is 0 Å². The van der Waals surface area contributed by atoms with Crippen LogP contribution >= 0.6 is 15.9 Å². The summed E-state index contributed by atoms with van der Waals surface area (Å²) in [5.41, 5.74) is -4.68. The van der Waals surface area contributed by atoms with Crippen molar-refractivity contribution in [2.24, 2.45) is 10.9 Å². The molecule has 0 spiro atoms. The Kier molecular flexibility index (Phi) is 7.40. The zero-order valence-electron chi connectivity index (χ0n) is 15.5. The number of nitrogens with zero attached hydrogens (tertiary/aromatic N) is 1. The van der Waals surface area contributed by atoms with Crippen molar-refractivity contribution in [1.82, 2.24) is 0 Å². The number of ether oxygens (including phenoxy) is 1. The number of hydrogen-bond donors (Lipinski definition) is 0. The maximum absolute atomic E-state index is 13.1. The first-order chi connectivity index (χ1) is 13.4. The number of esters is 1. The summed E-state index contributed by atoms with van der Waals surface area (Å²) < 4.78 is 83.2. The van der Waals surface area contributed by atoms with E-state index in [4.69, 9.17) is 4.74 Å². The van der Waals surface area contributed by atoms with Crippen molar-refractivity contribution in [2.45, 2.75) is 50.0 Å². The number of benzene rings is 1. The minimum absolute atomic E-state index is 0.0406. The summed E-state index contributed by atoms with van der Waals surface area (Å²) in [6.45, 7) is 0. The standard InChI is InChI=1S/C19H20BrF6NO2/c1-29-16(28)17(11-20,13-5-3-2-4-6-13)27-10-12-7-14(18(21,22)23)9-15(8-12)19(24,25)26/h7-10,13H,2-6,11H2,1H3. The van der Waals surface area contributed by atoms with Crippen LogP contribution in [-0.2, 0) is 21.9 Å². The summed E-state index contributed by atoms with van der Waals surface area (Å²) in [6.07, 6.45) is -4.99. The number of rotatable bonds is 5. The Hall–Kier alpha value is -1.58. The lowest BCUT2D eigenvalue weighted by Crippen LogP contribution is -2.47. The third-order valence-electron chi connectivity index (χ3n) is 5.08. The van der Waals surface area contributed by atoms with Gasteiger partial charge in [-0.15, -0.1) is 0 Å². The quantitative estimate of drug-likeness (QED) is 0.220. The highest BCUT2D eigenvalue weighted by molar-refractivity contribution is 9.09. The molecule has 1 saturated carbocycles. The lowest BCUT2D eigenvalue weighted by molar-refractivity contribution is -0.148. The monoisotopic (exact) mass is 487 g/mol. The van der Waals surface area contributed by atoms with Gasteiger partial charge in [0.2, 0.25) is 0 Å². The zero-order chi connectivity index (χ0) is 21.9. The number of aliphatic imine (C=N–C) groups is 1. The van der Waals surface area contributed by atoms with Crippen LogP contribution in [0.5, 0.6) is 0 Å². The van der Waals surface area contributed by atoms with E-state index in [9.17, 15) is 31.1 Å².